The standard InChI is InChI=1S/C12H9F3N2O2S/c1-19-10(18)9-6-16-11(20-9)17-8-5-3-2-4-7(8)12(13,14)15/h2-6H,1H3,(H,16,17). The molecular formula is C12H9F3N2O2S. The van der Waals surface area contributed by atoms with Gasteiger partial charge in [0.25, 0.3) is 0 Å². The molecule has 8 heteroatoms. The first-order valence-electron chi connectivity index (χ1n) is 5.39. The highest BCUT2D eigenvalue weighted by molar-refractivity contribution is 7.17. The molecule has 0 spiro atoms. The molecule has 0 unspecified atom stereocenters. The van der Waals surface area contributed by atoms with Crippen molar-refractivity contribution in [3.05, 3.63) is 40.9 Å². The van der Waals surface area contributed by atoms with Crippen molar-refractivity contribution in [2.75, 3.05) is 12.4 Å². The first-order chi connectivity index (χ1) is 9.41. The molecule has 0 aliphatic carbocycles. The topological polar surface area (TPSA) is 51.2 Å². The van der Waals surface area contributed by atoms with Crippen molar-refractivity contribution in [1.29, 1.82) is 0 Å². The molecule has 0 aliphatic rings. The third-order valence-electron chi connectivity index (χ3n) is 2.37. The second-order valence-corrected chi connectivity index (χ2v) is 4.72. The molecular weight excluding hydrogens is 293 g/mol. The molecule has 1 aromatic carbocycles. The Morgan fingerprint density at radius 1 is 1.35 bits per heavy atom. The molecule has 0 saturated heterocycles. The van der Waals surface area contributed by atoms with E-state index in [1.165, 1.54) is 31.5 Å². The van der Waals surface area contributed by atoms with Gasteiger partial charge in [-0.2, -0.15) is 13.2 Å². The van der Waals surface area contributed by atoms with Gasteiger partial charge in [0, 0.05) is 0 Å². The maximum atomic E-state index is 12.8. The summed E-state index contributed by atoms with van der Waals surface area (Å²) in [6, 6.07) is 5.04. The number of thiazole rings is 1. The average Bonchev–Trinajstić information content (AvgIpc) is 2.86. The predicted molar refractivity (Wildman–Crippen MR) is 68.2 cm³/mol. The number of halogens is 3. The Kier molecular flexibility index (Phi) is 3.93. The van der Waals surface area contributed by atoms with Crippen LogP contribution < -0.4 is 5.32 Å². The first-order valence-corrected chi connectivity index (χ1v) is 6.21. The van der Waals surface area contributed by atoms with Crippen LogP contribution in [0.1, 0.15) is 15.2 Å². The van der Waals surface area contributed by atoms with Crippen LogP contribution in [0.2, 0.25) is 0 Å². The highest BCUT2D eigenvalue weighted by Crippen LogP contribution is 2.36. The number of carbonyl (C=O) groups excluding carboxylic acids is 1. The number of alkyl halides is 3. The number of esters is 1. The Morgan fingerprint density at radius 2 is 2.05 bits per heavy atom. The van der Waals surface area contributed by atoms with Gasteiger partial charge in [-0.05, 0) is 12.1 Å². The number of aromatic nitrogens is 1. The zero-order valence-electron chi connectivity index (χ0n) is 10.2. The van der Waals surface area contributed by atoms with Crippen LogP contribution in [0.3, 0.4) is 0 Å². The summed E-state index contributed by atoms with van der Waals surface area (Å²) in [6.07, 6.45) is -3.22. The molecule has 106 valence electrons. The van der Waals surface area contributed by atoms with Crippen LogP contribution in [0.15, 0.2) is 30.5 Å². The maximum absolute atomic E-state index is 12.8. The van der Waals surface area contributed by atoms with Gasteiger partial charge >= 0.3 is 12.1 Å². The molecule has 0 amide bonds. The normalized spacial score (nSPS) is 11.2. The van der Waals surface area contributed by atoms with Crippen LogP contribution >= 0.6 is 11.3 Å². The Hall–Kier alpha value is -2.09. The van der Waals surface area contributed by atoms with Gasteiger partial charge in [-0.1, -0.05) is 23.5 Å². The Morgan fingerprint density at radius 3 is 2.70 bits per heavy atom. The number of methoxy groups -OCH3 is 1. The summed E-state index contributed by atoms with van der Waals surface area (Å²) in [4.78, 5) is 15.3. The lowest BCUT2D eigenvalue weighted by Crippen LogP contribution is -2.08. The van der Waals surface area contributed by atoms with E-state index in [4.69, 9.17) is 0 Å². The number of nitrogens with one attached hydrogen (secondary N) is 1. The van der Waals surface area contributed by atoms with Crippen molar-refractivity contribution in [2.24, 2.45) is 0 Å². The molecule has 0 saturated carbocycles. The van der Waals surface area contributed by atoms with E-state index in [0.717, 1.165) is 17.4 Å². The van der Waals surface area contributed by atoms with E-state index in [1.807, 2.05) is 0 Å². The SMILES string of the molecule is COC(=O)c1cnc(Nc2ccccc2C(F)(F)F)s1. The van der Waals surface area contributed by atoms with Crippen molar-refractivity contribution < 1.29 is 22.7 Å². The number of carbonyl (C=O) groups is 1. The summed E-state index contributed by atoms with van der Waals surface area (Å²) in [6.45, 7) is 0. The van der Waals surface area contributed by atoms with Crippen LogP contribution in [0.25, 0.3) is 0 Å². The van der Waals surface area contributed by atoms with E-state index < -0.39 is 17.7 Å². The number of rotatable bonds is 3. The van der Waals surface area contributed by atoms with Gasteiger partial charge in [-0.15, -0.1) is 0 Å². The molecule has 2 rings (SSSR count). The lowest BCUT2D eigenvalue weighted by Gasteiger charge is -2.12. The van der Waals surface area contributed by atoms with Crippen LogP contribution in [-0.4, -0.2) is 18.1 Å². The second kappa shape index (κ2) is 5.49. The Labute approximate surface area is 116 Å². The fourth-order valence-corrected chi connectivity index (χ4v) is 2.23. The fourth-order valence-electron chi connectivity index (χ4n) is 1.48. The number of nitrogens with zero attached hydrogens (tertiary/aromatic N) is 1. The van der Waals surface area contributed by atoms with Crippen molar-refractivity contribution in [3.63, 3.8) is 0 Å². The minimum Gasteiger partial charge on any atom is -0.465 e. The lowest BCUT2D eigenvalue weighted by molar-refractivity contribution is -0.136. The molecule has 1 heterocycles. The number of hydrogen-bond donors (Lipinski definition) is 1. The number of hydrogen-bond acceptors (Lipinski definition) is 5. The van der Waals surface area contributed by atoms with Gasteiger partial charge in [0.05, 0.1) is 24.6 Å². The van der Waals surface area contributed by atoms with Crippen LogP contribution in [0.5, 0.6) is 0 Å². The monoisotopic (exact) mass is 302 g/mol. The van der Waals surface area contributed by atoms with Gasteiger partial charge in [-0.3, -0.25) is 0 Å². The van der Waals surface area contributed by atoms with E-state index in [9.17, 15) is 18.0 Å². The molecule has 4 nitrogen and oxygen atoms in total. The molecule has 0 radical (unpaired) electrons. The van der Waals surface area contributed by atoms with E-state index in [0.29, 0.717) is 0 Å². The number of para-hydroxylation sites is 1. The maximum Gasteiger partial charge on any atom is 0.418 e. The van der Waals surface area contributed by atoms with Crippen molar-refractivity contribution in [2.45, 2.75) is 6.18 Å². The van der Waals surface area contributed by atoms with E-state index >= 15 is 0 Å². The summed E-state index contributed by atoms with van der Waals surface area (Å²) in [5.74, 6) is -0.584. The van der Waals surface area contributed by atoms with Gasteiger partial charge in [0.1, 0.15) is 4.88 Å². The van der Waals surface area contributed by atoms with Gasteiger partial charge in [0.2, 0.25) is 0 Å². The summed E-state index contributed by atoms with van der Waals surface area (Å²) in [5.41, 5.74) is -0.916. The predicted octanol–water partition coefficient (Wildman–Crippen LogP) is 3.69. The zero-order chi connectivity index (χ0) is 14.8. The van der Waals surface area contributed by atoms with Crippen molar-refractivity contribution in [3.8, 4) is 0 Å². The molecule has 2 aromatic rings. The van der Waals surface area contributed by atoms with Gasteiger partial charge in [-0.25, -0.2) is 9.78 Å². The summed E-state index contributed by atoms with van der Waals surface area (Å²) in [7, 11) is 1.22. The number of benzene rings is 1. The quantitative estimate of drug-likeness (QED) is 0.879. The molecule has 1 N–H and O–H groups in total. The van der Waals surface area contributed by atoms with E-state index in [-0.39, 0.29) is 15.7 Å². The molecule has 1 aromatic heterocycles. The van der Waals surface area contributed by atoms with Crippen molar-refractivity contribution in [1.82, 2.24) is 4.98 Å². The fraction of sp³-hybridized carbons (Fsp3) is 0.167. The molecule has 0 atom stereocenters. The molecule has 20 heavy (non-hydrogen) atoms. The third kappa shape index (κ3) is 3.08. The van der Waals surface area contributed by atoms with E-state index in [1.54, 1.807) is 0 Å². The average molecular weight is 302 g/mol. The number of ether oxygens (including phenoxy) is 1. The summed E-state index contributed by atoms with van der Waals surface area (Å²) in [5, 5.41) is 2.74. The van der Waals surface area contributed by atoms with Crippen LogP contribution in [0, 0.1) is 0 Å². The zero-order valence-corrected chi connectivity index (χ0v) is 11.0. The molecule has 0 aliphatic heterocycles. The van der Waals surface area contributed by atoms with Crippen molar-refractivity contribution >= 4 is 28.1 Å². The highest BCUT2D eigenvalue weighted by atomic mass is 32.1. The van der Waals surface area contributed by atoms with E-state index in [2.05, 4.69) is 15.0 Å². The smallest absolute Gasteiger partial charge is 0.418 e. The lowest BCUT2D eigenvalue weighted by atomic mass is 10.2. The molecule has 0 fully saturated rings. The Balaban J connectivity index is 2.27. The summed E-state index contributed by atoms with van der Waals surface area (Å²) < 4.78 is 42.9. The van der Waals surface area contributed by atoms with Crippen LogP contribution in [0.4, 0.5) is 24.0 Å². The largest absolute Gasteiger partial charge is 0.465 e. The van der Waals surface area contributed by atoms with Crippen LogP contribution in [-0.2, 0) is 10.9 Å². The van der Waals surface area contributed by atoms with Gasteiger partial charge in [0.15, 0.2) is 5.13 Å². The highest BCUT2D eigenvalue weighted by Gasteiger charge is 2.33. The first kappa shape index (κ1) is 14.3. The summed E-state index contributed by atoms with van der Waals surface area (Å²) >= 11 is 0.916. The number of anilines is 2. The van der Waals surface area contributed by atoms with Gasteiger partial charge < -0.3 is 10.1 Å². The minimum absolute atomic E-state index is 0.120. The molecule has 0 bridgehead atoms. The second-order valence-electron chi connectivity index (χ2n) is 3.69. The third-order valence-corrected chi connectivity index (χ3v) is 3.26. The Bertz CT molecular complexity index is 625. The minimum atomic E-state index is -4.47.